The molecule has 0 heterocycles. The molecule has 0 aromatic heterocycles. The van der Waals surface area contributed by atoms with Gasteiger partial charge in [0.25, 0.3) is 0 Å². The highest BCUT2D eigenvalue weighted by atomic mass is 16.5. The summed E-state index contributed by atoms with van der Waals surface area (Å²) in [5.41, 5.74) is 0. The molecule has 0 aliphatic rings. The molecule has 0 aromatic carbocycles. The van der Waals surface area contributed by atoms with Crippen LogP contribution in [0.3, 0.4) is 0 Å². The minimum atomic E-state index is -0.806. The fourth-order valence-corrected chi connectivity index (χ4v) is 1.03. The Hall–Kier alpha value is -2.38. The molecule has 118 valence electrons. The van der Waals surface area contributed by atoms with Crippen LogP contribution >= 0.6 is 0 Å². The van der Waals surface area contributed by atoms with Gasteiger partial charge in [-0.1, -0.05) is 13.8 Å². The SMILES string of the molecule is COC(=O)/C=C/C(=O)OCNC(=O)[C@H](C)NC(=O)C(C)C. The van der Waals surface area contributed by atoms with Crippen molar-refractivity contribution >= 4 is 23.8 Å². The van der Waals surface area contributed by atoms with Gasteiger partial charge in [0, 0.05) is 18.1 Å². The van der Waals surface area contributed by atoms with Crippen molar-refractivity contribution in [1.82, 2.24) is 10.6 Å². The fourth-order valence-electron chi connectivity index (χ4n) is 1.03. The van der Waals surface area contributed by atoms with E-state index in [0.29, 0.717) is 0 Å². The van der Waals surface area contributed by atoms with Crippen LogP contribution in [0.1, 0.15) is 20.8 Å². The Morgan fingerprint density at radius 3 is 2.10 bits per heavy atom. The summed E-state index contributed by atoms with van der Waals surface area (Å²) in [5.74, 6) is -2.48. The van der Waals surface area contributed by atoms with Crippen LogP contribution in [-0.4, -0.2) is 43.6 Å². The smallest absolute Gasteiger partial charge is 0.332 e. The van der Waals surface area contributed by atoms with Crippen molar-refractivity contribution in [2.75, 3.05) is 13.8 Å². The van der Waals surface area contributed by atoms with Gasteiger partial charge in [0.2, 0.25) is 11.8 Å². The number of amides is 2. The minimum absolute atomic E-state index is 0.235. The van der Waals surface area contributed by atoms with Gasteiger partial charge in [0.05, 0.1) is 7.11 Å². The summed E-state index contributed by atoms with van der Waals surface area (Å²) in [5, 5.41) is 4.81. The van der Waals surface area contributed by atoms with Crippen molar-refractivity contribution in [2.45, 2.75) is 26.8 Å². The molecule has 0 radical (unpaired) electrons. The Kier molecular flexibility index (Phi) is 8.43. The van der Waals surface area contributed by atoms with Gasteiger partial charge < -0.3 is 20.1 Å². The number of carbonyl (C=O) groups is 4. The van der Waals surface area contributed by atoms with Crippen molar-refractivity contribution in [3.05, 3.63) is 12.2 Å². The van der Waals surface area contributed by atoms with Gasteiger partial charge in [-0.25, -0.2) is 9.59 Å². The lowest BCUT2D eigenvalue weighted by Gasteiger charge is -2.15. The second-order valence-corrected chi connectivity index (χ2v) is 4.39. The Labute approximate surface area is 122 Å². The molecule has 0 saturated heterocycles. The lowest BCUT2D eigenvalue weighted by atomic mass is 10.2. The van der Waals surface area contributed by atoms with Crippen LogP contribution in [0.5, 0.6) is 0 Å². The van der Waals surface area contributed by atoms with Crippen molar-refractivity contribution in [3.8, 4) is 0 Å². The van der Waals surface area contributed by atoms with E-state index < -0.39 is 23.9 Å². The lowest BCUT2D eigenvalue weighted by molar-refractivity contribution is -0.141. The van der Waals surface area contributed by atoms with Crippen LogP contribution in [0.15, 0.2) is 12.2 Å². The Morgan fingerprint density at radius 1 is 1.00 bits per heavy atom. The maximum Gasteiger partial charge on any atom is 0.332 e. The molecule has 8 nitrogen and oxygen atoms in total. The van der Waals surface area contributed by atoms with Gasteiger partial charge in [0.1, 0.15) is 6.04 Å². The molecule has 0 saturated carbocycles. The molecule has 0 unspecified atom stereocenters. The monoisotopic (exact) mass is 300 g/mol. The van der Waals surface area contributed by atoms with E-state index >= 15 is 0 Å². The number of nitrogens with one attached hydrogen (secondary N) is 2. The first kappa shape index (κ1) is 18.6. The van der Waals surface area contributed by atoms with Crippen molar-refractivity contribution in [3.63, 3.8) is 0 Å². The standard InChI is InChI=1S/C13H20N2O6/c1-8(2)12(18)15-9(3)13(19)14-7-21-11(17)6-5-10(16)20-4/h5-6,8-9H,7H2,1-4H3,(H,14,19)(H,15,18)/b6-5+/t9-/m0/s1. The van der Waals surface area contributed by atoms with E-state index in [1.807, 2.05) is 0 Å². The first-order chi connectivity index (χ1) is 9.77. The van der Waals surface area contributed by atoms with E-state index in [1.54, 1.807) is 13.8 Å². The van der Waals surface area contributed by atoms with Crippen LogP contribution in [0.4, 0.5) is 0 Å². The highest BCUT2D eigenvalue weighted by Crippen LogP contribution is 1.93. The summed E-state index contributed by atoms with van der Waals surface area (Å²) in [4.78, 5) is 44.8. The molecule has 0 spiro atoms. The summed E-state index contributed by atoms with van der Waals surface area (Å²) >= 11 is 0. The molecule has 0 aliphatic heterocycles. The summed E-state index contributed by atoms with van der Waals surface area (Å²) < 4.78 is 8.92. The molecular formula is C13H20N2O6. The maximum atomic E-state index is 11.6. The normalized spacial score (nSPS) is 11.9. The molecular weight excluding hydrogens is 280 g/mol. The Bertz CT molecular complexity index is 430. The number of hydrogen-bond acceptors (Lipinski definition) is 6. The second kappa shape index (κ2) is 9.51. The topological polar surface area (TPSA) is 111 Å². The number of methoxy groups -OCH3 is 1. The van der Waals surface area contributed by atoms with Crippen molar-refractivity contribution in [1.29, 1.82) is 0 Å². The molecule has 0 bridgehead atoms. The summed E-state index contributed by atoms with van der Waals surface area (Å²) in [6.45, 7) is 4.55. The van der Waals surface area contributed by atoms with E-state index in [4.69, 9.17) is 0 Å². The first-order valence-corrected chi connectivity index (χ1v) is 6.28. The zero-order chi connectivity index (χ0) is 16.4. The lowest BCUT2D eigenvalue weighted by Crippen LogP contribution is -2.46. The van der Waals surface area contributed by atoms with Gasteiger partial charge in [-0.15, -0.1) is 0 Å². The number of ether oxygens (including phenoxy) is 2. The number of esters is 2. The largest absolute Gasteiger partial charge is 0.466 e. The second-order valence-electron chi connectivity index (χ2n) is 4.39. The van der Waals surface area contributed by atoms with E-state index in [0.717, 1.165) is 12.2 Å². The predicted molar refractivity (Wildman–Crippen MR) is 72.7 cm³/mol. The van der Waals surface area contributed by atoms with Crippen molar-refractivity contribution < 1.29 is 28.7 Å². The van der Waals surface area contributed by atoms with E-state index in [1.165, 1.54) is 14.0 Å². The molecule has 1 atom stereocenters. The zero-order valence-corrected chi connectivity index (χ0v) is 12.5. The van der Waals surface area contributed by atoms with Gasteiger partial charge in [-0.3, -0.25) is 9.59 Å². The van der Waals surface area contributed by atoms with Gasteiger partial charge in [-0.05, 0) is 6.92 Å². The molecule has 21 heavy (non-hydrogen) atoms. The summed E-state index contributed by atoms with van der Waals surface area (Å²) in [6, 6.07) is -0.746. The van der Waals surface area contributed by atoms with Crippen LogP contribution in [0.25, 0.3) is 0 Å². The van der Waals surface area contributed by atoms with Crippen LogP contribution in [-0.2, 0) is 28.7 Å². The third kappa shape index (κ3) is 8.40. The third-order valence-corrected chi connectivity index (χ3v) is 2.29. The molecule has 0 aromatic rings. The Balaban J connectivity index is 4.03. The number of rotatable bonds is 7. The molecule has 0 aliphatic carbocycles. The molecule has 2 amide bonds. The first-order valence-electron chi connectivity index (χ1n) is 6.28. The van der Waals surface area contributed by atoms with Gasteiger partial charge in [-0.2, -0.15) is 0 Å². The predicted octanol–water partition coefficient (Wildman–Crippen LogP) is -0.507. The zero-order valence-electron chi connectivity index (χ0n) is 12.5. The molecule has 0 rings (SSSR count). The molecule has 2 N–H and O–H groups in total. The minimum Gasteiger partial charge on any atom is -0.466 e. The van der Waals surface area contributed by atoms with E-state index in [-0.39, 0.29) is 18.6 Å². The van der Waals surface area contributed by atoms with Gasteiger partial charge >= 0.3 is 11.9 Å². The highest BCUT2D eigenvalue weighted by molar-refractivity contribution is 5.92. The maximum absolute atomic E-state index is 11.6. The average Bonchev–Trinajstić information content (AvgIpc) is 2.44. The highest BCUT2D eigenvalue weighted by Gasteiger charge is 2.17. The molecule has 0 fully saturated rings. The van der Waals surface area contributed by atoms with E-state index in [9.17, 15) is 19.2 Å². The van der Waals surface area contributed by atoms with Crippen LogP contribution in [0, 0.1) is 5.92 Å². The number of hydrogen-bond donors (Lipinski definition) is 2. The summed E-state index contributed by atoms with van der Waals surface area (Å²) in [6.07, 6.45) is 1.78. The molecule has 8 heteroatoms. The van der Waals surface area contributed by atoms with Crippen LogP contribution in [0.2, 0.25) is 0 Å². The summed E-state index contributed by atoms with van der Waals surface area (Å²) in [7, 11) is 1.17. The van der Waals surface area contributed by atoms with Gasteiger partial charge in [0.15, 0.2) is 6.73 Å². The van der Waals surface area contributed by atoms with E-state index in [2.05, 4.69) is 20.1 Å². The quantitative estimate of drug-likeness (QED) is 0.372. The number of carbonyl (C=O) groups excluding carboxylic acids is 4. The third-order valence-electron chi connectivity index (χ3n) is 2.29. The Morgan fingerprint density at radius 2 is 1.57 bits per heavy atom. The van der Waals surface area contributed by atoms with Crippen molar-refractivity contribution in [2.24, 2.45) is 5.92 Å². The van der Waals surface area contributed by atoms with Crippen LogP contribution < -0.4 is 10.6 Å². The fraction of sp³-hybridized carbons (Fsp3) is 0.538. The average molecular weight is 300 g/mol.